The Morgan fingerprint density at radius 1 is 1.26 bits per heavy atom. The molecule has 0 amide bonds. The van der Waals surface area contributed by atoms with Crippen molar-refractivity contribution in [2.75, 3.05) is 6.54 Å². The van der Waals surface area contributed by atoms with Crippen molar-refractivity contribution in [1.82, 2.24) is 14.9 Å². The Balaban J connectivity index is 1.74. The number of carbonyl (C=O) groups is 1. The van der Waals surface area contributed by atoms with Crippen LogP contribution in [0.4, 0.5) is 8.78 Å². The van der Waals surface area contributed by atoms with E-state index < -0.39 is 30.9 Å². The molecule has 2 aromatic heterocycles. The molecule has 23 heavy (non-hydrogen) atoms. The van der Waals surface area contributed by atoms with Crippen LogP contribution >= 0.6 is 0 Å². The maximum Gasteiger partial charge on any atom is 0.321 e. The molecule has 0 aromatic carbocycles. The number of rotatable bonds is 4. The van der Waals surface area contributed by atoms with Crippen LogP contribution in [0.2, 0.25) is 0 Å². The summed E-state index contributed by atoms with van der Waals surface area (Å²) in [5.41, 5.74) is 2.08. The molecule has 3 rings (SSSR count). The number of likely N-dealkylation sites (tertiary alicyclic amines) is 1. The van der Waals surface area contributed by atoms with E-state index in [1.54, 1.807) is 30.6 Å². The first-order chi connectivity index (χ1) is 10.9. The fourth-order valence-corrected chi connectivity index (χ4v) is 2.71. The van der Waals surface area contributed by atoms with Gasteiger partial charge in [-0.2, -0.15) is 0 Å². The van der Waals surface area contributed by atoms with Crippen LogP contribution in [-0.2, 0) is 11.3 Å². The first-order valence-corrected chi connectivity index (χ1v) is 7.16. The molecule has 0 aliphatic carbocycles. The van der Waals surface area contributed by atoms with Gasteiger partial charge in [0.25, 0.3) is 5.92 Å². The van der Waals surface area contributed by atoms with Crippen LogP contribution < -0.4 is 0 Å². The predicted molar refractivity (Wildman–Crippen MR) is 78.9 cm³/mol. The maximum absolute atomic E-state index is 13.5. The highest BCUT2D eigenvalue weighted by Crippen LogP contribution is 2.33. The second-order valence-electron chi connectivity index (χ2n) is 5.59. The molecule has 0 radical (unpaired) electrons. The predicted octanol–water partition coefficient (Wildman–Crippen LogP) is 2.44. The number of carboxylic acid groups (broad SMARTS) is 1. The molecule has 1 saturated heterocycles. The van der Waals surface area contributed by atoms with Crippen molar-refractivity contribution in [3.63, 3.8) is 0 Å². The maximum atomic E-state index is 13.5. The van der Waals surface area contributed by atoms with Gasteiger partial charge in [0.2, 0.25) is 0 Å². The van der Waals surface area contributed by atoms with Gasteiger partial charge in [0.1, 0.15) is 6.04 Å². The van der Waals surface area contributed by atoms with Crippen molar-refractivity contribution in [3.05, 3.63) is 48.3 Å². The fraction of sp³-hybridized carbons (Fsp3) is 0.312. The minimum atomic E-state index is -2.97. The lowest BCUT2D eigenvalue weighted by atomic mass is 10.1. The summed E-state index contributed by atoms with van der Waals surface area (Å²) in [6, 6.07) is 7.82. The lowest BCUT2D eigenvalue weighted by molar-refractivity contribution is -0.142. The number of aromatic nitrogens is 2. The zero-order valence-electron chi connectivity index (χ0n) is 12.2. The van der Waals surface area contributed by atoms with E-state index in [1.807, 2.05) is 12.1 Å². The van der Waals surface area contributed by atoms with Gasteiger partial charge < -0.3 is 5.11 Å². The SMILES string of the molecule is O=C(O)[C@H]1CC(F)(F)CN1Cc1ccc(-c2ccccn2)nc1. The number of aliphatic carboxylic acids is 1. The summed E-state index contributed by atoms with van der Waals surface area (Å²) < 4.78 is 26.9. The summed E-state index contributed by atoms with van der Waals surface area (Å²) >= 11 is 0. The zero-order valence-corrected chi connectivity index (χ0v) is 12.2. The second kappa shape index (κ2) is 6.00. The first-order valence-electron chi connectivity index (χ1n) is 7.16. The molecule has 0 unspecified atom stereocenters. The summed E-state index contributed by atoms with van der Waals surface area (Å²) in [5, 5.41) is 9.09. The topological polar surface area (TPSA) is 66.3 Å². The van der Waals surface area contributed by atoms with Gasteiger partial charge in [-0.15, -0.1) is 0 Å². The van der Waals surface area contributed by atoms with Gasteiger partial charge in [-0.1, -0.05) is 12.1 Å². The molecule has 1 aliphatic rings. The van der Waals surface area contributed by atoms with Crippen LogP contribution in [0.3, 0.4) is 0 Å². The summed E-state index contributed by atoms with van der Waals surface area (Å²) in [4.78, 5) is 20.9. The van der Waals surface area contributed by atoms with Crippen molar-refractivity contribution in [1.29, 1.82) is 0 Å². The molecule has 0 bridgehead atoms. The Morgan fingerprint density at radius 3 is 2.65 bits per heavy atom. The van der Waals surface area contributed by atoms with E-state index >= 15 is 0 Å². The van der Waals surface area contributed by atoms with Crippen molar-refractivity contribution < 1.29 is 18.7 Å². The molecule has 120 valence electrons. The van der Waals surface area contributed by atoms with Gasteiger partial charge in [0.15, 0.2) is 0 Å². The number of alkyl halides is 2. The lowest BCUT2D eigenvalue weighted by Gasteiger charge is -2.20. The second-order valence-corrected chi connectivity index (χ2v) is 5.59. The normalized spacial score (nSPS) is 20.5. The molecule has 7 heteroatoms. The van der Waals surface area contributed by atoms with Crippen molar-refractivity contribution in [2.24, 2.45) is 0 Å². The monoisotopic (exact) mass is 319 g/mol. The number of hydrogen-bond donors (Lipinski definition) is 1. The molecule has 2 aromatic rings. The van der Waals surface area contributed by atoms with E-state index in [9.17, 15) is 13.6 Å². The Bertz CT molecular complexity index is 692. The highest BCUT2D eigenvalue weighted by Gasteiger charge is 2.47. The molecule has 0 spiro atoms. The largest absolute Gasteiger partial charge is 0.480 e. The number of carboxylic acids is 1. The standard InChI is InChI=1S/C16H15F2N3O2/c17-16(18)7-14(15(22)23)21(10-16)9-11-4-5-13(20-8-11)12-3-1-2-6-19-12/h1-6,8,14H,7,9-10H2,(H,22,23)/t14-/m1/s1. The third kappa shape index (κ3) is 3.50. The lowest BCUT2D eigenvalue weighted by Crippen LogP contribution is -2.35. The van der Waals surface area contributed by atoms with Gasteiger partial charge in [-0.05, 0) is 23.8 Å². The molecule has 1 N–H and O–H groups in total. The van der Waals surface area contributed by atoms with E-state index in [-0.39, 0.29) is 6.54 Å². The number of nitrogens with zero attached hydrogens (tertiary/aromatic N) is 3. The van der Waals surface area contributed by atoms with E-state index in [0.29, 0.717) is 11.3 Å². The van der Waals surface area contributed by atoms with Gasteiger partial charge in [0, 0.05) is 25.4 Å². The molecule has 1 fully saturated rings. The molecule has 5 nitrogen and oxygen atoms in total. The average molecular weight is 319 g/mol. The van der Waals surface area contributed by atoms with Crippen LogP contribution in [-0.4, -0.2) is 44.5 Å². The third-order valence-corrected chi connectivity index (χ3v) is 3.79. The third-order valence-electron chi connectivity index (χ3n) is 3.79. The van der Waals surface area contributed by atoms with Crippen LogP contribution in [0.5, 0.6) is 0 Å². The molecule has 1 aliphatic heterocycles. The van der Waals surface area contributed by atoms with Gasteiger partial charge in [0.05, 0.1) is 17.9 Å². The van der Waals surface area contributed by atoms with E-state index in [4.69, 9.17) is 5.11 Å². The molecule has 1 atom stereocenters. The van der Waals surface area contributed by atoms with Gasteiger partial charge in [-0.3, -0.25) is 19.7 Å². The summed E-state index contributed by atoms with van der Waals surface area (Å²) in [6.07, 6.45) is 2.58. The molecular formula is C16H15F2N3O2. The first kappa shape index (κ1) is 15.5. The van der Waals surface area contributed by atoms with Crippen molar-refractivity contribution in [3.8, 4) is 11.4 Å². The Morgan fingerprint density at radius 2 is 2.04 bits per heavy atom. The van der Waals surface area contributed by atoms with E-state index in [1.165, 1.54) is 4.90 Å². The molecule has 3 heterocycles. The van der Waals surface area contributed by atoms with Crippen LogP contribution in [0.15, 0.2) is 42.7 Å². The highest BCUT2D eigenvalue weighted by molar-refractivity contribution is 5.74. The summed E-state index contributed by atoms with van der Waals surface area (Å²) in [7, 11) is 0. The zero-order chi connectivity index (χ0) is 16.4. The highest BCUT2D eigenvalue weighted by atomic mass is 19.3. The van der Waals surface area contributed by atoms with Crippen molar-refractivity contribution >= 4 is 5.97 Å². The fourth-order valence-electron chi connectivity index (χ4n) is 2.71. The smallest absolute Gasteiger partial charge is 0.321 e. The van der Waals surface area contributed by atoms with Gasteiger partial charge >= 0.3 is 5.97 Å². The number of pyridine rings is 2. The molecular weight excluding hydrogens is 304 g/mol. The minimum absolute atomic E-state index is 0.127. The number of halogens is 2. The Labute approximate surface area is 131 Å². The Kier molecular flexibility index (Phi) is 4.04. The van der Waals surface area contributed by atoms with Crippen LogP contribution in [0, 0.1) is 0 Å². The Hall–Kier alpha value is -2.41. The molecule has 0 saturated carbocycles. The average Bonchev–Trinajstić information content (AvgIpc) is 2.84. The minimum Gasteiger partial charge on any atom is -0.480 e. The van der Waals surface area contributed by atoms with Crippen LogP contribution in [0.25, 0.3) is 11.4 Å². The van der Waals surface area contributed by atoms with E-state index in [2.05, 4.69) is 9.97 Å². The van der Waals surface area contributed by atoms with Crippen LogP contribution in [0.1, 0.15) is 12.0 Å². The number of hydrogen-bond acceptors (Lipinski definition) is 4. The van der Waals surface area contributed by atoms with Gasteiger partial charge in [-0.25, -0.2) is 8.78 Å². The quantitative estimate of drug-likeness (QED) is 0.937. The summed E-state index contributed by atoms with van der Waals surface area (Å²) in [6.45, 7) is -0.423. The summed E-state index contributed by atoms with van der Waals surface area (Å²) in [5.74, 6) is -4.19. The van der Waals surface area contributed by atoms with Crippen molar-refractivity contribution in [2.45, 2.75) is 24.9 Å². The van der Waals surface area contributed by atoms with E-state index in [0.717, 1.165) is 5.69 Å².